The molecule has 5 nitrogen and oxygen atoms in total. The fourth-order valence-electron chi connectivity index (χ4n) is 5.07. The molecule has 1 aromatic heterocycles. The van der Waals surface area contributed by atoms with Gasteiger partial charge in [0.2, 0.25) is 5.91 Å². The number of hydrogen-bond acceptors (Lipinski definition) is 3. The van der Waals surface area contributed by atoms with E-state index in [1.165, 1.54) is 17.7 Å². The van der Waals surface area contributed by atoms with Crippen molar-refractivity contribution in [3.05, 3.63) is 59.8 Å². The van der Waals surface area contributed by atoms with Crippen LogP contribution in [0, 0.1) is 5.92 Å². The average molecular weight is 515 g/mol. The SMILES string of the molecule is CCCC[C@H](CC)C(=O)Nc1ccc2[nH]cc(CCN3CCN(c4cccc(C(F)(F)F)c4)CC3)c2c1. The van der Waals surface area contributed by atoms with Gasteiger partial charge in [0.25, 0.3) is 0 Å². The molecule has 0 spiro atoms. The Morgan fingerprint density at radius 1 is 1.08 bits per heavy atom. The molecular formula is C29H37F3N4O. The summed E-state index contributed by atoms with van der Waals surface area (Å²) in [5.74, 6) is 0.127. The Balaban J connectivity index is 1.33. The number of benzene rings is 2. The minimum absolute atomic E-state index is 0.0379. The average Bonchev–Trinajstić information content (AvgIpc) is 3.30. The van der Waals surface area contributed by atoms with Gasteiger partial charge in [0.15, 0.2) is 0 Å². The molecule has 8 heteroatoms. The van der Waals surface area contributed by atoms with Crippen LogP contribution in [0.25, 0.3) is 10.9 Å². The van der Waals surface area contributed by atoms with Crippen LogP contribution in [0.2, 0.25) is 0 Å². The van der Waals surface area contributed by atoms with Crippen LogP contribution in [0.4, 0.5) is 24.5 Å². The van der Waals surface area contributed by atoms with Gasteiger partial charge in [-0.2, -0.15) is 13.2 Å². The molecule has 0 bridgehead atoms. The molecule has 2 heterocycles. The van der Waals surface area contributed by atoms with Gasteiger partial charge in [-0.15, -0.1) is 0 Å². The van der Waals surface area contributed by atoms with E-state index in [4.69, 9.17) is 0 Å². The van der Waals surface area contributed by atoms with Crippen LogP contribution in [0.15, 0.2) is 48.7 Å². The zero-order valence-electron chi connectivity index (χ0n) is 21.7. The van der Waals surface area contributed by atoms with Crippen molar-refractivity contribution in [3.8, 4) is 0 Å². The molecule has 4 rings (SSSR count). The van der Waals surface area contributed by atoms with Crippen LogP contribution < -0.4 is 10.2 Å². The topological polar surface area (TPSA) is 51.4 Å². The second kappa shape index (κ2) is 12.0. The van der Waals surface area contributed by atoms with Gasteiger partial charge < -0.3 is 15.2 Å². The van der Waals surface area contributed by atoms with E-state index in [0.29, 0.717) is 18.8 Å². The number of fused-ring (bicyclic) bond motifs is 1. The summed E-state index contributed by atoms with van der Waals surface area (Å²) in [4.78, 5) is 20.5. The fourth-order valence-corrected chi connectivity index (χ4v) is 5.07. The second-order valence-corrected chi connectivity index (χ2v) is 9.94. The van der Waals surface area contributed by atoms with Crippen molar-refractivity contribution in [2.24, 2.45) is 5.92 Å². The summed E-state index contributed by atoms with van der Waals surface area (Å²) in [5.41, 5.74) is 3.09. The van der Waals surface area contributed by atoms with Crippen LogP contribution in [-0.2, 0) is 17.4 Å². The van der Waals surface area contributed by atoms with Gasteiger partial charge in [0.05, 0.1) is 5.56 Å². The zero-order valence-corrected chi connectivity index (χ0v) is 21.7. The number of amides is 1. The van der Waals surface area contributed by atoms with Gasteiger partial charge in [-0.05, 0) is 61.2 Å². The van der Waals surface area contributed by atoms with E-state index < -0.39 is 11.7 Å². The predicted molar refractivity (Wildman–Crippen MR) is 144 cm³/mol. The normalized spacial score (nSPS) is 15.8. The molecule has 1 saturated heterocycles. The maximum atomic E-state index is 13.1. The molecule has 2 N–H and O–H groups in total. The van der Waals surface area contributed by atoms with E-state index in [0.717, 1.165) is 74.4 Å². The number of halogens is 3. The lowest BCUT2D eigenvalue weighted by Gasteiger charge is -2.36. The minimum Gasteiger partial charge on any atom is -0.369 e. The first-order valence-corrected chi connectivity index (χ1v) is 13.3. The number of anilines is 2. The molecule has 37 heavy (non-hydrogen) atoms. The maximum absolute atomic E-state index is 13.1. The van der Waals surface area contributed by atoms with E-state index in [9.17, 15) is 18.0 Å². The van der Waals surface area contributed by atoms with Crippen LogP contribution in [-0.4, -0.2) is 48.5 Å². The van der Waals surface area contributed by atoms with Crippen molar-refractivity contribution in [3.63, 3.8) is 0 Å². The molecule has 1 amide bonds. The Labute approximate surface area is 217 Å². The zero-order chi connectivity index (χ0) is 26.4. The quantitative estimate of drug-likeness (QED) is 0.316. The molecule has 1 aliphatic rings. The highest BCUT2D eigenvalue weighted by Gasteiger charge is 2.31. The van der Waals surface area contributed by atoms with Gasteiger partial charge in [-0.25, -0.2) is 0 Å². The third kappa shape index (κ3) is 6.86. The van der Waals surface area contributed by atoms with Crippen LogP contribution in [0.5, 0.6) is 0 Å². The van der Waals surface area contributed by atoms with Gasteiger partial charge >= 0.3 is 6.18 Å². The smallest absolute Gasteiger partial charge is 0.369 e. The van der Waals surface area contributed by atoms with Gasteiger partial charge in [-0.1, -0.05) is 32.8 Å². The third-order valence-electron chi connectivity index (χ3n) is 7.41. The van der Waals surface area contributed by atoms with Crippen molar-refractivity contribution in [1.82, 2.24) is 9.88 Å². The number of aromatic amines is 1. The predicted octanol–water partition coefficient (Wildman–Crippen LogP) is 6.71. The standard InChI is InChI=1S/C29H37F3N4O/c1-3-5-7-21(4-2)28(37)34-24-10-11-27-26(19-24)22(20-33-27)12-13-35-14-16-36(17-15-35)25-9-6-8-23(18-25)29(30,31)32/h6,8-11,18-21,33H,3-5,7,12-17H2,1-2H3,(H,34,37)/t21-/m0/s1. The molecule has 3 aromatic rings. The van der Waals surface area contributed by atoms with Crippen LogP contribution >= 0.6 is 0 Å². The summed E-state index contributed by atoms with van der Waals surface area (Å²) in [5, 5.41) is 4.22. The number of aromatic nitrogens is 1. The number of alkyl halides is 3. The number of nitrogens with zero attached hydrogens (tertiary/aromatic N) is 2. The molecule has 0 aliphatic carbocycles. The number of nitrogens with one attached hydrogen (secondary N) is 2. The van der Waals surface area contributed by atoms with E-state index >= 15 is 0 Å². The van der Waals surface area contributed by atoms with Crippen molar-refractivity contribution < 1.29 is 18.0 Å². The van der Waals surface area contributed by atoms with Crippen molar-refractivity contribution in [2.45, 2.75) is 52.1 Å². The molecule has 2 aromatic carbocycles. The van der Waals surface area contributed by atoms with E-state index in [1.54, 1.807) is 6.07 Å². The largest absolute Gasteiger partial charge is 0.416 e. The number of piperazine rings is 1. The highest BCUT2D eigenvalue weighted by atomic mass is 19.4. The number of rotatable bonds is 10. The van der Waals surface area contributed by atoms with E-state index in [1.807, 2.05) is 23.2 Å². The van der Waals surface area contributed by atoms with Gasteiger partial charge in [-0.3, -0.25) is 9.69 Å². The highest BCUT2D eigenvalue weighted by molar-refractivity contribution is 5.95. The molecule has 1 atom stereocenters. The van der Waals surface area contributed by atoms with Crippen molar-refractivity contribution in [2.75, 3.05) is 42.9 Å². The summed E-state index contributed by atoms with van der Waals surface area (Å²) in [6.45, 7) is 8.07. The Morgan fingerprint density at radius 3 is 2.57 bits per heavy atom. The Bertz CT molecular complexity index is 1180. The lowest BCUT2D eigenvalue weighted by Crippen LogP contribution is -2.47. The Morgan fingerprint density at radius 2 is 1.86 bits per heavy atom. The second-order valence-electron chi connectivity index (χ2n) is 9.94. The molecular weight excluding hydrogens is 477 g/mol. The number of H-pyrrole nitrogens is 1. The van der Waals surface area contributed by atoms with E-state index in [-0.39, 0.29) is 11.8 Å². The Kier molecular flexibility index (Phi) is 8.79. The maximum Gasteiger partial charge on any atom is 0.416 e. The number of carbonyl (C=O) groups excluding carboxylic acids is 1. The monoisotopic (exact) mass is 514 g/mol. The fraction of sp³-hybridized carbons (Fsp3) is 0.483. The molecule has 0 radical (unpaired) electrons. The summed E-state index contributed by atoms with van der Waals surface area (Å²) in [6.07, 6.45) is 2.46. The number of hydrogen-bond donors (Lipinski definition) is 2. The molecule has 1 fully saturated rings. The number of carbonyl (C=O) groups is 1. The van der Waals surface area contributed by atoms with Gasteiger partial charge in [0, 0.05) is 67.1 Å². The summed E-state index contributed by atoms with van der Waals surface area (Å²) in [7, 11) is 0. The van der Waals surface area contributed by atoms with Crippen molar-refractivity contribution >= 4 is 28.2 Å². The molecule has 0 saturated carbocycles. The molecule has 200 valence electrons. The molecule has 0 unspecified atom stereocenters. The van der Waals surface area contributed by atoms with Crippen LogP contribution in [0.1, 0.15) is 50.7 Å². The lowest BCUT2D eigenvalue weighted by atomic mass is 9.98. The first-order chi connectivity index (χ1) is 17.8. The summed E-state index contributed by atoms with van der Waals surface area (Å²) in [6, 6.07) is 11.6. The summed E-state index contributed by atoms with van der Waals surface area (Å²) < 4.78 is 39.2. The Hall–Kier alpha value is -3.00. The summed E-state index contributed by atoms with van der Waals surface area (Å²) >= 11 is 0. The highest BCUT2D eigenvalue weighted by Crippen LogP contribution is 2.32. The minimum atomic E-state index is -4.33. The first-order valence-electron chi connectivity index (χ1n) is 13.3. The first kappa shape index (κ1) is 27.0. The third-order valence-corrected chi connectivity index (χ3v) is 7.41. The lowest BCUT2D eigenvalue weighted by molar-refractivity contribution is -0.137. The van der Waals surface area contributed by atoms with Crippen LogP contribution in [0.3, 0.4) is 0 Å². The number of unbranched alkanes of at least 4 members (excludes halogenated alkanes) is 1. The molecule has 1 aliphatic heterocycles. The van der Waals surface area contributed by atoms with Gasteiger partial charge in [0.1, 0.15) is 0 Å². The van der Waals surface area contributed by atoms with Crippen molar-refractivity contribution in [1.29, 1.82) is 0 Å². The van der Waals surface area contributed by atoms with E-state index in [2.05, 4.69) is 35.1 Å².